The minimum atomic E-state index is -2.96. The van der Waals surface area contributed by atoms with Gasteiger partial charge in [0.1, 0.15) is 0 Å². The molecule has 0 radical (unpaired) electrons. The Hall–Kier alpha value is -1.63. The highest BCUT2D eigenvalue weighted by Crippen LogP contribution is 2.34. The first-order chi connectivity index (χ1) is 10.9. The van der Waals surface area contributed by atoms with E-state index in [0.717, 1.165) is 0 Å². The van der Waals surface area contributed by atoms with Crippen LogP contribution in [0.2, 0.25) is 10.0 Å². The second kappa shape index (κ2) is 7.77. The van der Waals surface area contributed by atoms with E-state index in [1.807, 2.05) is 0 Å². The van der Waals surface area contributed by atoms with Crippen molar-refractivity contribution in [3.05, 3.63) is 51.8 Å². The molecule has 124 valence electrons. The van der Waals surface area contributed by atoms with Crippen molar-refractivity contribution < 1.29 is 23.4 Å². The van der Waals surface area contributed by atoms with Crippen molar-refractivity contribution in [1.82, 2.24) is 4.98 Å². The molecule has 1 heterocycles. The van der Waals surface area contributed by atoms with Crippen molar-refractivity contribution in [2.24, 2.45) is 0 Å². The van der Waals surface area contributed by atoms with Gasteiger partial charge < -0.3 is 14.6 Å². The molecule has 0 unspecified atom stereocenters. The van der Waals surface area contributed by atoms with Gasteiger partial charge in [0.2, 0.25) is 0 Å². The average Bonchev–Trinajstić information content (AvgIpc) is 2.50. The third kappa shape index (κ3) is 4.43. The van der Waals surface area contributed by atoms with E-state index in [4.69, 9.17) is 27.9 Å². The van der Waals surface area contributed by atoms with Gasteiger partial charge in [-0.1, -0.05) is 29.3 Å². The number of hydrogen-bond acceptors (Lipinski definition) is 4. The molecule has 23 heavy (non-hydrogen) atoms. The fourth-order valence-corrected chi connectivity index (χ4v) is 2.55. The maximum atomic E-state index is 12.3. The van der Waals surface area contributed by atoms with Gasteiger partial charge in [-0.05, 0) is 23.3 Å². The van der Waals surface area contributed by atoms with Gasteiger partial charge in [-0.15, -0.1) is 0 Å². The molecule has 1 aromatic carbocycles. The lowest BCUT2D eigenvalue weighted by Crippen LogP contribution is -2.06. The molecular formula is C15H13Cl2F2NO3. The SMILES string of the molecule is COc1cc([C@@H](O)Cc2c(Cl)cncc2Cl)ccc1OC(F)F. The molecule has 0 saturated heterocycles. The Balaban J connectivity index is 2.24. The highest BCUT2D eigenvalue weighted by atomic mass is 35.5. The highest BCUT2D eigenvalue weighted by molar-refractivity contribution is 6.35. The zero-order valence-corrected chi connectivity index (χ0v) is 13.5. The van der Waals surface area contributed by atoms with Gasteiger partial charge in [-0.3, -0.25) is 4.98 Å². The summed E-state index contributed by atoms with van der Waals surface area (Å²) in [5, 5.41) is 11.0. The number of halogens is 4. The fourth-order valence-electron chi connectivity index (χ4n) is 2.03. The van der Waals surface area contributed by atoms with Crippen molar-refractivity contribution in [2.75, 3.05) is 7.11 Å². The summed E-state index contributed by atoms with van der Waals surface area (Å²) in [6, 6.07) is 4.19. The summed E-state index contributed by atoms with van der Waals surface area (Å²) >= 11 is 12.0. The summed E-state index contributed by atoms with van der Waals surface area (Å²) in [4.78, 5) is 3.84. The summed E-state index contributed by atoms with van der Waals surface area (Å²) in [6.45, 7) is -2.96. The van der Waals surface area contributed by atoms with Gasteiger partial charge in [0.25, 0.3) is 0 Å². The first-order valence-electron chi connectivity index (χ1n) is 6.51. The number of hydrogen-bond donors (Lipinski definition) is 1. The second-order valence-electron chi connectivity index (χ2n) is 4.59. The molecule has 0 bridgehead atoms. The molecule has 0 aliphatic rings. The quantitative estimate of drug-likeness (QED) is 0.832. The number of rotatable bonds is 6. The number of aliphatic hydroxyl groups excluding tert-OH is 1. The van der Waals surface area contributed by atoms with Crippen molar-refractivity contribution in [1.29, 1.82) is 0 Å². The van der Waals surface area contributed by atoms with Crippen LogP contribution >= 0.6 is 23.2 Å². The summed E-state index contributed by atoms with van der Waals surface area (Å²) in [6.07, 6.45) is 2.03. The summed E-state index contributed by atoms with van der Waals surface area (Å²) in [5.74, 6) is -0.0211. The van der Waals surface area contributed by atoms with Gasteiger partial charge in [0.05, 0.1) is 23.3 Å². The topological polar surface area (TPSA) is 51.6 Å². The zero-order valence-electron chi connectivity index (χ0n) is 12.0. The molecule has 4 nitrogen and oxygen atoms in total. The van der Waals surface area contributed by atoms with Crippen LogP contribution in [0.5, 0.6) is 11.5 Å². The lowest BCUT2D eigenvalue weighted by Gasteiger charge is -2.16. The molecule has 0 aliphatic carbocycles. The van der Waals surface area contributed by atoms with Crippen LogP contribution in [-0.2, 0) is 6.42 Å². The van der Waals surface area contributed by atoms with Crippen LogP contribution in [0.15, 0.2) is 30.6 Å². The van der Waals surface area contributed by atoms with Crippen LogP contribution in [0, 0.1) is 0 Å². The Bertz CT molecular complexity index is 666. The number of benzene rings is 1. The second-order valence-corrected chi connectivity index (χ2v) is 5.40. The molecule has 0 spiro atoms. The van der Waals surface area contributed by atoms with Crippen molar-refractivity contribution >= 4 is 23.2 Å². The lowest BCUT2D eigenvalue weighted by atomic mass is 10.0. The van der Waals surface area contributed by atoms with E-state index in [-0.39, 0.29) is 17.9 Å². The standard InChI is InChI=1S/C15H13Cl2F2NO3/c1-22-14-4-8(2-3-13(14)23-15(18)19)12(21)5-9-10(16)6-20-7-11(9)17/h2-4,6-7,12,15,21H,5H2,1H3/t12-/m0/s1. The minimum Gasteiger partial charge on any atom is -0.493 e. The van der Waals surface area contributed by atoms with Crippen LogP contribution in [0.4, 0.5) is 8.78 Å². The molecular weight excluding hydrogens is 351 g/mol. The van der Waals surface area contributed by atoms with Crippen LogP contribution in [0.1, 0.15) is 17.2 Å². The Morgan fingerprint density at radius 2 is 1.83 bits per heavy atom. The van der Waals surface area contributed by atoms with Crippen molar-refractivity contribution in [2.45, 2.75) is 19.1 Å². The molecule has 2 rings (SSSR count). The van der Waals surface area contributed by atoms with Crippen LogP contribution < -0.4 is 9.47 Å². The van der Waals surface area contributed by atoms with E-state index in [1.165, 1.54) is 37.7 Å². The number of pyridine rings is 1. The van der Waals surface area contributed by atoms with Gasteiger partial charge in [-0.2, -0.15) is 8.78 Å². The van der Waals surface area contributed by atoms with Gasteiger partial charge in [0, 0.05) is 18.8 Å². The number of alkyl halides is 2. The normalized spacial score (nSPS) is 12.3. The molecule has 0 amide bonds. The lowest BCUT2D eigenvalue weighted by molar-refractivity contribution is -0.0512. The molecule has 0 aliphatic heterocycles. The van der Waals surface area contributed by atoms with Crippen molar-refractivity contribution in [3.63, 3.8) is 0 Å². The summed E-state index contributed by atoms with van der Waals surface area (Å²) < 4.78 is 34.0. The van der Waals surface area contributed by atoms with E-state index in [9.17, 15) is 13.9 Å². The van der Waals surface area contributed by atoms with Crippen molar-refractivity contribution in [3.8, 4) is 11.5 Å². The number of ether oxygens (including phenoxy) is 2. The molecule has 0 fully saturated rings. The van der Waals surface area contributed by atoms with E-state index in [1.54, 1.807) is 0 Å². The third-order valence-electron chi connectivity index (χ3n) is 3.14. The molecule has 1 N–H and O–H groups in total. The van der Waals surface area contributed by atoms with Gasteiger partial charge in [0.15, 0.2) is 11.5 Å². The maximum absolute atomic E-state index is 12.3. The first kappa shape index (κ1) is 17.7. The fraction of sp³-hybridized carbons (Fsp3) is 0.267. The van der Waals surface area contributed by atoms with E-state index in [0.29, 0.717) is 21.2 Å². The van der Waals surface area contributed by atoms with E-state index in [2.05, 4.69) is 9.72 Å². The summed E-state index contributed by atoms with van der Waals surface area (Å²) in [5.41, 5.74) is 0.995. The van der Waals surface area contributed by atoms with Crippen LogP contribution in [0.3, 0.4) is 0 Å². The molecule has 1 aromatic heterocycles. The first-order valence-corrected chi connectivity index (χ1v) is 7.26. The summed E-state index contributed by atoms with van der Waals surface area (Å²) in [7, 11) is 1.32. The molecule has 2 aromatic rings. The number of nitrogens with zero attached hydrogens (tertiary/aromatic N) is 1. The number of aliphatic hydroxyl groups is 1. The Morgan fingerprint density at radius 3 is 2.39 bits per heavy atom. The van der Waals surface area contributed by atoms with Gasteiger partial charge in [-0.25, -0.2) is 0 Å². The van der Waals surface area contributed by atoms with E-state index >= 15 is 0 Å². The Labute approximate surface area is 141 Å². The number of methoxy groups -OCH3 is 1. The minimum absolute atomic E-state index is 0.0915. The predicted octanol–water partition coefficient (Wildman–Crippen LogP) is 4.27. The Kier molecular flexibility index (Phi) is 5.98. The number of aromatic nitrogens is 1. The third-order valence-corrected chi connectivity index (χ3v) is 3.79. The van der Waals surface area contributed by atoms with Gasteiger partial charge >= 0.3 is 6.61 Å². The van der Waals surface area contributed by atoms with Crippen LogP contribution in [-0.4, -0.2) is 23.8 Å². The zero-order chi connectivity index (χ0) is 17.0. The maximum Gasteiger partial charge on any atom is 0.387 e. The average molecular weight is 364 g/mol. The highest BCUT2D eigenvalue weighted by Gasteiger charge is 2.17. The molecule has 0 saturated carbocycles. The monoisotopic (exact) mass is 363 g/mol. The predicted molar refractivity (Wildman–Crippen MR) is 82.5 cm³/mol. The van der Waals surface area contributed by atoms with E-state index < -0.39 is 12.7 Å². The largest absolute Gasteiger partial charge is 0.493 e. The molecule has 8 heteroatoms. The Morgan fingerprint density at radius 1 is 1.17 bits per heavy atom. The van der Waals surface area contributed by atoms with Crippen LogP contribution in [0.25, 0.3) is 0 Å². The smallest absolute Gasteiger partial charge is 0.387 e. The molecule has 1 atom stereocenters.